The van der Waals surface area contributed by atoms with Gasteiger partial charge in [-0.05, 0) is 29.4 Å². The minimum absolute atomic E-state index is 0.120. The molecule has 1 aliphatic carbocycles. The van der Waals surface area contributed by atoms with Crippen molar-refractivity contribution in [2.24, 2.45) is 11.3 Å². The molecule has 2 rings (SSSR count). The Labute approximate surface area is 132 Å². The van der Waals surface area contributed by atoms with Gasteiger partial charge in [-0.1, -0.05) is 38.1 Å². The molecule has 6 heteroatoms. The quantitative estimate of drug-likeness (QED) is 0.805. The van der Waals surface area contributed by atoms with E-state index < -0.39 is 21.9 Å². The number of carbonyl (C=O) groups is 1. The highest BCUT2D eigenvalue weighted by molar-refractivity contribution is 7.89. The predicted octanol–water partition coefficient (Wildman–Crippen LogP) is 1.52. The van der Waals surface area contributed by atoms with Crippen molar-refractivity contribution in [2.75, 3.05) is 19.4 Å². The third-order valence-electron chi connectivity index (χ3n) is 4.14. The lowest BCUT2D eigenvalue weighted by Gasteiger charge is -2.24. The summed E-state index contributed by atoms with van der Waals surface area (Å²) in [4.78, 5) is 11.3. The number of esters is 1. The minimum atomic E-state index is -3.50. The average molecular weight is 325 g/mol. The minimum Gasteiger partial charge on any atom is -0.469 e. The van der Waals surface area contributed by atoms with E-state index in [1.54, 1.807) is 6.92 Å². The number of hydrogen-bond acceptors (Lipinski definition) is 4. The van der Waals surface area contributed by atoms with Crippen molar-refractivity contribution >= 4 is 16.0 Å². The topological polar surface area (TPSA) is 72.5 Å². The average Bonchev–Trinajstić information content (AvgIpc) is 2.81. The second-order valence-electron chi connectivity index (χ2n) is 6.46. The Morgan fingerprint density at radius 1 is 1.32 bits per heavy atom. The molecule has 5 nitrogen and oxygen atoms in total. The fraction of sp³-hybridized carbons (Fsp3) is 0.562. The Bertz CT molecular complexity index is 629. The Morgan fingerprint density at radius 2 is 1.86 bits per heavy atom. The standard InChI is InChI=1S/C16H23NO4S/c1-12(15(18)21-3)10-22(19,20)17-11-16(2)8-13-6-4-5-7-14(13)9-16/h4-7,12,17H,8-11H2,1-3H3. The van der Waals surface area contributed by atoms with Gasteiger partial charge in [-0.25, -0.2) is 13.1 Å². The molecule has 0 saturated heterocycles. The molecule has 1 N–H and O–H groups in total. The summed E-state index contributed by atoms with van der Waals surface area (Å²) < 4.78 is 31.4. The first-order chi connectivity index (χ1) is 10.2. The number of carbonyl (C=O) groups excluding carboxylic acids is 1. The highest BCUT2D eigenvalue weighted by atomic mass is 32.2. The molecule has 0 amide bonds. The highest BCUT2D eigenvalue weighted by Gasteiger charge is 2.34. The monoisotopic (exact) mass is 325 g/mol. The molecule has 0 spiro atoms. The normalized spacial score (nSPS) is 17.8. The van der Waals surface area contributed by atoms with E-state index in [-0.39, 0.29) is 11.2 Å². The fourth-order valence-electron chi connectivity index (χ4n) is 2.95. The molecule has 22 heavy (non-hydrogen) atoms. The molecule has 0 fully saturated rings. The zero-order chi connectivity index (χ0) is 16.4. The summed E-state index contributed by atoms with van der Waals surface area (Å²) in [6.45, 7) is 4.01. The molecule has 1 unspecified atom stereocenters. The van der Waals surface area contributed by atoms with Gasteiger partial charge in [-0.15, -0.1) is 0 Å². The molecule has 0 radical (unpaired) electrons. The third kappa shape index (κ3) is 4.08. The van der Waals surface area contributed by atoms with Crippen LogP contribution in [0.5, 0.6) is 0 Å². The van der Waals surface area contributed by atoms with E-state index in [4.69, 9.17) is 0 Å². The molecule has 1 atom stereocenters. The SMILES string of the molecule is COC(=O)C(C)CS(=O)(=O)NCC1(C)Cc2ccccc2C1. The lowest BCUT2D eigenvalue weighted by atomic mass is 9.88. The molecule has 0 heterocycles. The van der Waals surface area contributed by atoms with Crippen LogP contribution in [0.25, 0.3) is 0 Å². The van der Waals surface area contributed by atoms with Crippen LogP contribution in [-0.2, 0) is 32.4 Å². The molecule has 1 aromatic rings. The van der Waals surface area contributed by atoms with Crippen molar-refractivity contribution < 1.29 is 17.9 Å². The third-order valence-corrected chi connectivity index (χ3v) is 5.67. The van der Waals surface area contributed by atoms with Crippen LogP contribution in [0, 0.1) is 11.3 Å². The Hall–Kier alpha value is -1.40. The maximum atomic E-state index is 12.1. The van der Waals surface area contributed by atoms with E-state index in [1.165, 1.54) is 18.2 Å². The molecular weight excluding hydrogens is 302 g/mol. The maximum absolute atomic E-state index is 12.1. The van der Waals surface area contributed by atoms with Crippen LogP contribution in [0.1, 0.15) is 25.0 Å². The van der Waals surface area contributed by atoms with Gasteiger partial charge in [0.15, 0.2) is 0 Å². The summed E-state index contributed by atoms with van der Waals surface area (Å²) in [5.41, 5.74) is 2.45. The van der Waals surface area contributed by atoms with Crippen molar-refractivity contribution in [1.82, 2.24) is 4.72 Å². The van der Waals surface area contributed by atoms with Gasteiger partial charge in [0.1, 0.15) is 0 Å². The molecule has 0 aromatic heterocycles. The molecular formula is C16H23NO4S. The molecule has 0 bridgehead atoms. The first-order valence-electron chi connectivity index (χ1n) is 7.37. The number of rotatable bonds is 6. The van der Waals surface area contributed by atoms with Crippen LogP contribution < -0.4 is 4.72 Å². The van der Waals surface area contributed by atoms with Crippen LogP contribution in [0.4, 0.5) is 0 Å². The van der Waals surface area contributed by atoms with Crippen LogP contribution in [0.3, 0.4) is 0 Å². The summed E-state index contributed by atoms with van der Waals surface area (Å²) in [6, 6.07) is 8.20. The van der Waals surface area contributed by atoms with E-state index in [0.717, 1.165) is 12.8 Å². The molecule has 0 saturated carbocycles. The van der Waals surface area contributed by atoms with Gasteiger partial charge in [0.2, 0.25) is 10.0 Å². The molecule has 122 valence electrons. The van der Waals surface area contributed by atoms with Crippen molar-refractivity contribution in [2.45, 2.75) is 26.7 Å². The number of nitrogens with one attached hydrogen (secondary N) is 1. The molecule has 0 aliphatic heterocycles. The Kier molecular flexibility index (Phi) is 4.92. The first kappa shape index (κ1) is 17.0. The lowest BCUT2D eigenvalue weighted by Crippen LogP contribution is -2.39. The molecule has 1 aliphatic rings. The summed E-state index contributed by atoms with van der Waals surface area (Å²) in [5, 5.41) is 0. The van der Waals surface area contributed by atoms with E-state index in [2.05, 4.69) is 28.5 Å². The van der Waals surface area contributed by atoms with Gasteiger partial charge in [-0.2, -0.15) is 0 Å². The number of methoxy groups -OCH3 is 1. The van der Waals surface area contributed by atoms with Gasteiger partial charge >= 0.3 is 5.97 Å². The first-order valence-corrected chi connectivity index (χ1v) is 9.02. The van der Waals surface area contributed by atoms with E-state index in [1.807, 2.05) is 12.1 Å². The number of fused-ring (bicyclic) bond motifs is 1. The Balaban J connectivity index is 1.94. The van der Waals surface area contributed by atoms with Gasteiger partial charge in [0, 0.05) is 6.54 Å². The second-order valence-corrected chi connectivity index (χ2v) is 8.31. The second kappa shape index (κ2) is 6.38. The Morgan fingerprint density at radius 3 is 2.36 bits per heavy atom. The number of sulfonamides is 1. The van der Waals surface area contributed by atoms with Gasteiger partial charge < -0.3 is 4.74 Å². The van der Waals surface area contributed by atoms with Crippen molar-refractivity contribution in [3.05, 3.63) is 35.4 Å². The number of benzene rings is 1. The summed E-state index contributed by atoms with van der Waals surface area (Å²) in [5.74, 6) is -1.43. The van der Waals surface area contributed by atoms with Crippen molar-refractivity contribution in [1.29, 1.82) is 0 Å². The summed E-state index contributed by atoms with van der Waals surface area (Å²) in [6.07, 6.45) is 1.72. The maximum Gasteiger partial charge on any atom is 0.309 e. The van der Waals surface area contributed by atoms with E-state index in [9.17, 15) is 13.2 Å². The van der Waals surface area contributed by atoms with E-state index in [0.29, 0.717) is 6.54 Å². The van der Waals surface area contributed by atoms with Crippen LogP contribution >= 0.6 is 0 Å². The van der Waals surface area contributed by atoms with Crippen LogP contribution in [-0.4, -0.2) is 33.8 Å². The van der Waals surface area contributed by atoms with Gasteiger partial charge in [0.05, 0.1) is 18.8 Å². The van der Waals surface area contributed by atoms with E-state index >= 15 is 0 Å². The van der Waals surface area contributed by atoms with Crippen molar-refractivity contribution in [3.63, 3.8) is 0 Å². The van der Waals surface area contributed by atoms with Crippen molar-refractivity contribution in [3.8, 4) is 0 Å². The van der Waals surface area contributed by atoms with Crippen LogP contribution in [0.2, 0.25) is 0 Å². The lowest BCUT2D eigenvalue weighted by molar-refractivity contribution is -0.144. The predicted molar refractivity (Wildman–Crippen MR) is 84.9 cm³/mol. The zero-order valence-electron chi connectivity index (χ0n) is 13.3. The zero-order valence-corrected chi connectivity index (χ0v) is 14.1. The smallest absolute Gasteiger partial charge is 0.309 e. The van der Waals surface area contributed by atoms with Gasteiger partial charge in [-0.3, -0.25) is 4.79 Å². The largest absolute Gasteiger partial charge is 0.469 e. The fourth-order valence-corrected chi connectivity index (χ4v) is 4.43. The molecule has 1 aromatic carbocycles. The highest BCUT2D eigenvalue weighted by Crippen LogP contribution is 2.36. The van der Waals surface area contributed by atoms with Gasteiger partial charge in [0.25, 0.3) is 0 Å². The van der Waals surface area contributed by atoms with Crippen LogP contribution in [0.15, 0.2) is 24.3 Å². The summed E-state index contributed by atoms with van der Waals surface area (Å²) >= 11 is 0. The number of ether oxygens (including phenoxy) is 1. The number of hydrogen-bond donors (Lipinski definition) is 1. The summed E-state index contributed by atoms with van der Waals surface area (Å²) in [7, 11) is -2.24.